The fourth-order valence-electron chi connectivity index (χ4n) is 5.70. The van der Waals surface area contributed by atoms with Gasteiger partial charge in [-0.1, -0.05) is 30.1 Å². The summed E-state index contributed by atoms with van der Waals surface area (Å²) in [5.41, 5.74) is 6.46. The molecule has 0 radical (unpaired) electrons. The van der Waals surface area contributed by atoms with Crippen LogP contribution in [0.2, 0.25) is 0 Å². The van der Waals surface area contributed by atoms with Crippen molar-refractivity contribution in [3.8, 4) is 28.3 Å². The lowest BCUT2D eigenvalue weighted by Gasteiger charge is -2.24. The Morgan fingerprint density at radius 2 is 1.89 bits per heavy atom. The fourth-order valence-corrected chi connectivity index (χ4v) is 5.70. The van der Waals surface area contributed by atoms with Crippen molar-refractivity contribution in [1.29, 1.82) is 5.26 Å². The fraction of sp³-hybridized carbons (Fsp3) is 0.419. The normalized spacial score (nSPS) is 15.1. The number of nitriles is 1. The zero-order chi connectivity index (χ0) is 27.0. The Bertz CT molecular complexity index is 1490. The van der Waals surface area contributed by atoms with E-state index in [9.17, 15) is 10.1 Å². The van der Waals surface area contributed by atoms with Crippen LogP contribution in [0.5, 0.6) is 0 Å². The second-order valence-electron chi connectivity index (χ2n) is 11.3. The van der Waals surface area contributed by atoms with Crippen LogP contribution >= 0.6 is 0 Å². The van der Waals surface area contributed by atoms with E-state index in [1.807, 2.05) is 52.9 Å². The summed E-state index contributed by atoms with van der Waals surface area (Å²) in [4.78, 5) is 17.5. The van der Waals surface area contributed by atoms with E-state index in [1.54, 1.807) is 12.1 Å². The molecule has 1 fully saturated rings. The molecule has 38 heavy (non-hydrogen) atoms. The van der Waals surface area contributed by atoms with Crippen molar-refractivity contribution >= 4 is 17.0 Å². The van der Waals surface area contributed by atoms with Crippen LogP contribution in [0.4, 0.5) is 0 Å². The maximum Gasteiger partial charge on any atom is 0.338 e. The molecular formula is C31H34N4O3. The summed E-state index contributed by atoms with van der Waals surface area (Å²) in [5, 5.41) is 13.9. The molecule has 1 unspecified atom stereocenters. The van der Waals surface area contributed by atoms with Gasteiger partial charge in [0.1, 0.15) is 11.4 Å². The maximum atomic E-state index is 12.6. The summed E-state index contributed by atoms with van der Waals surface area (Å²) >= 11 is 0. The highest BCUT2D eigenvalue weighted by molar-refractivity contribution is 5.96. The molecule has 3 aromatic heterocycles. The minimum atomic E-state index is -0.554. The monoisotopic (exact) mass is 510 g/mol. The third-order valence-corrected chi connectivity index (χ3v) is 7.42. The molecule has 1 aliphatic rings. The topological polar surface area (TPSA) is 93.9 Å². The number of rotatable bonds is 6. The summed E-state index contributed by atoms with van der Waals surface area (Å²) in [6, 6.07) is 12.1. The van der Waals surface area contributed by atoms with Crippen LogP contribution < -0.4 is 0 Å². The van der Waals surface area contributed by atoms with Crippen LogP contribution in [0, 0.1) is 31.1 Å². The van der Waals surface area contributed by atoms with E-state index in [4.69, 9.17) is 14.2 Å². The zero-order valence-corrected chi connectivity index (χ0v) is 22.7. The second-order valence-corrected chi connectivity index (χ2v) is 11.3. The molecule has 1 aliphatic carbocycles. The van der Waals surface area contributed by atoms with Gasteiger partial charge in [0.25, 0.3) is 0 Å². The second kappa shape index (κ2) is 10.1. The third-order valence-electron chi connectivity index (χ3n) is 7.42. The lowest BCUT2D eigenvalue weighted by atomic mass is 9.95. The Labute approximate surface area is 223 Å². The van der Waals surface area contributed by atoms with E-state index in [2.05, 4.69) is 28.1 Å². The predicted molar refractivity (Wildman–Crippen MR) is 147 cm³/mol. The van der Waals surface area contributed by atoms with Gasteiger partial charge < -0.3 is 13.8 Å². The van der Waals surface area contributed by atoms with Gasteiger partial charge in [-0.2, -0.15) is 5.26 Å². The van der Waals surface area contributed by atoms with Crippen molar-refractivity contribution < 1.29 is 14.1 Å². The van der Waals surface area contributed by atoms with Crippen molar-refractivity contribution in [3.63, 3.8) is 0 Å². The third kappa shape index (κ3) is 4.96. The smallest absolute Gasteiger partial charge is 0.338 e. The number of esters is 1. The van der Waals surface area contributed by atoms with E-state index in [-0.39, 0.29) is 12.0 Å². The number of carbonyl (C=O) groups is 1. The number of aryl methyl sites for hydroxylation is 2. The number of nitrogens with zero attached hydrogens (tertiary/aromatic N) is 4. The van der Waals surface area contributed by atoms with Crippen molar-refractivity contribution in [2.24, 2.45) is 5.92 Å². The van der Waals surface area contributed by atoms with Crippen molar-refractivity contribution in [2.75, 3.05) is 0 Å². The van der Waals surface area contributed by atoms with Crippen LogP contribution in [0.3, 0.4) is 0 Å². The van der Waals surface area contributed by atoms with Crippen molar-refractivity contribution in [1.82, 2.24) is 14.7 Å². The molecule has 3 heterocycles. The van der Waals surface area contributed by atoms with Gasteiger partial charge in [0.15, 0.2) is 0 Å². The summed E-state index contributed by atoms with van der Waals surface area (Å²) in [6.07, 6.45) is 9.11. The van der Waals surface area contributed by atoms with Gasteiger partial charge in [-0.15, -0.1) is 0 Å². The first-order valence-corrected chi connectivity index (χ1v) is 13.3. The van der Waals surface area contributed by atoms with Gasteiger partial charge in [-0.3, -0.25) is 4.98 Å². The Kier molecular flexibility index (Phi) is 6.83. The molecule has 0 amide bonds. The Balaban J connectivity index is 1.63. The standard InChI is InChI=1S/C31H34N4O3/c1-19-28(20(2)38-34-19)24-16-27-29(33-17-24)25(18-35(27)26(14-15-32)22-8-6-7-9-22)21-10-12-23(13-11-21)30(36)37-31(3,4)5/h10-13,16-18,22,26H,6-9,14H2,1-5H3. The molecule has 0 aliphatic heterocycles. The van der Waals surface area contributed by atoms with E-state index < -0.39 is 5.60 Å². The molecule has 0 spiro atoms. The average molecular weight is 511 g/mol. The van der Waals surface area contributed by atoms with Crippen LogP contribution in [-0.4, -0.2) is 26.3 Å². The number of hydrogen-bond donors (Lipinski definition) is 0. The number of pyridine rings is 1. The molecule has 7 nitrogen and oxygen atoms in total. The molecule has 5 rings (SSSR count). The minimum absolute atomic E-state index is 0.0708. The first kappa shape index (κ1) is 25.7. The summed E-state index contributed by atoms with van der Waals surface area (Å²) < 4.78 is 13.2. The van der Waals surface area contributed by atoms with Crippen LogP contribution in [-0.2, 0) is 4.74 Å². The Morgan fingerprint density at radius 3 is 2.50 bits per heavy atom. The van der Waals surface area contributed by atoms with E-state index in [1.165, 1.54) is 12.8 Å². The first-order chi connectivity index (χ1) is 18.2. The molecule has 4 aromatic rings. The number of benzene rings is 1. The molecule has 196 valence electrons. The highest BCUT2D eigenvalue weighted by Gasteiger charge is 2.29. The lowest BCUT2D eigenvalue weighted by molar-refractivity contribution is 0.00695. The quantitative estimate of drug-likeness (QED) is 0.248. The van der Waals surface area contributed by atoms with Gasteiger partial charge in [-0.25, -0.2) is 4.79 Å². The highest BCUT2D eigenvalue weighted by Crippen LogP contribution is 2.41. The van der Waals surface area contributed by atoms with Gasteiger partial charge >= 0.3 is 5.97 Å². The molecular weight excluding hydrogens is 476 g/mol. The molecule has 1 aromatic carbocycles. The summed E-state index contributed by atoms with van der Waals surface area (Å²) in [7, 11) is 0. The zero-order valence-electron chi connectivity index (χ0n) is 22.7. The van der Waals surface area contributed by atoms with Gasteiger partial charge in [0.2, 0.25) is 0 Å². The first-order valence-electron chi connectivity index (χ1n) is 13.3. The van der Waals surface area contributed by atoms with Gasteiger partial charge in [0, 0.05) is 35.1 Å². The van der Waals surface area contributed by atoms with E-state index >= 15 is 0 Å². The van der Waals surface area contributed by atoms with Gasteiger partial charge in [0.05, 0.1) is 34.8 Å². The number of aromatic nitrogens is 3. The number of ether oxygens (including phenoxy) is 1. The van der Waals surface area contributed by atoms with Crippen LogP contribution in [0.15, 0.2) is 47.2 Å². The summed E-state index contributed by atoms with van der Waals surface area (Å²) in [6.45, 7) is 9.42. The summed E-state index contributed by atoms with van der Waals surface area (Å²) in [5.74, 6) is 0.864. The number of hydrogen-bond acceptors (Lipinski definition) is 6. The van der Waals surface area contributed by atoms with E-state index in [0.29, 0.717) is 17.9 Å². The lowest BCUT2D eigenvalue weighted by Crippen LogP contribution is -2.23. The maximum absolute atomic E-state index is 12.6. The molecule has 1 saturated carbocycles. The minimum Gasteiger partial charge on any atom is -0.456 e. The van der Waals surface area contributed by atoms with Crippen molar-refractivity contribution in [3.05, 3.63) is 59.7 Å². The predicted octanol–water partition coefficient (Wildman–Crippen LogP) is 7.58. The Hall–Kier alpha value is -3.92. The molecule has 0 N–H and O–H groups in total. The van der Waals surface area contributed by atoms with E-state index in [0.717, 1.165) is 57.6 Å². The molecule has 0 saturated heterocycles. The molecule has 1 atom stereocenters. The largest absolute Gasteiger partial charge is 0.456 e. The Morgan fingerprint density at radius 1 is 1.18 bits per heavy atom. The molecule has 7 heteroatoms. The van der Waals surface area contributed by atoms with Gasteiger partial charge in [-0.05, 0) is 77.1 Å². The number of fused-ring (bicyclic) bond motifs is 1. The average Bonchev–Trinajstić information content (AvgIpc) is 3.61. The SMILES string of the molecule is Cc1noc(C)c1-c1cnc2c(-c3ccc(C(=O)OC(C)(C)C)cc3)cn(C(CC#N)C3CCCC3)c2c1. The molecule has 0 bridgehead atoms. The number of carbonyl (C=O) groups excluding carboxylic acids is 1. The van der Waals surface area contributed by atoms with Crippen molar-refractivity contribution in [2.45, 2.75) is 78.4 Å². The van der Waals surface area contributed by atoms with Crippen LogP contribution in [0.1, 0.15) is 80.7 Å². The van der Waals surface area contributed by atoms with Crippen LogP contribution in [0.25, 0.3) is 33.3 Å². The highest BCUT2D eigenvalue weighted by atomic mass is 16.6.